The van der Waals surface area contributed by atoms with E-state index in [4.69, 9.17) is 15.2 Å². The number of carbonyl (C=O) groups excluding carboxylic acids is 1. The first-order chi connectivity index (χ1) is 7.63. The van der Waals surface area contributed by atoms with Crippen molar-refractivity contribution in [2.24, 2.45) is 5.73 Å². The van der Waals surface area contributed by atoms with Crippen LogP contribution < -0.4 is 11.1 Å². The number of nitrogens with two attached hydrogens (primary N) is 1. The fourth-order valence-corrected chi connectivity index (χ4v) is 1.63. The Kier molecular flexibility index (Phi) is 4.92. The fourth-order valence-electron chi connectivity index (χ4n) is 1.63. The van der Waals surface area contributed by atoms with Gasteiger partial charge < -0.3 is 20.5 Å². The number of methoxy groups -OCH3 is 1. The van der Waals surface area contributed by atoms with Gasteiger partial charge in [-0.05, 0) is 6.42 Å². The maximum Gasteiger partial charge on any atom is 0.237 e. The molecule has 5 nitrogen and oxygen atoms in total. The van der Waals surface area contributed by atoms with Crippen LogP contribution in [0, 0.1) is 0 Å². The van der Waals surface area contributed by atoms with E-state index in [1.807, 2.05) is 0 Å². The second-order valence-electron chi connectivity index (χ2n) is 4.04. The summed E-state index contributed by atoms with van der Waals surface area (Å²) in [5.41, 5.74) is 5.26. The van der Waals surface area contributed by atoms with E-state index in [1.165, 1.54) is 0 Å². The summed E-state index contributed by atoms with van der Waals surface area (Å²) in [5.74, 6) is -0.178. The van der Waals surface area contributed by atoms with Crippen LogP contribution in [0.15, 0.2) is 12.7 Å². The normalized spacial score (nSPS) is 26.4. The molecule has 1 saturated heterocycles. The number of hydrogen-bond donors (Lipinski definition) is 2. The predicted octanol–water partition coefficient (Wildman–Crippen LogP) is -0.188. The number of amides is 1. The van der Waals surface area contributed by atoms with Crippen LogP contribution in [0.2, 0.25) is 0 Å². The molecule has 2 unspecified atom stereocenters. The molecule has 1 amide bonds. The van der Waals surface area contributed by atoms with Gasteiger partial charge in [0.1, 0.15) is 5.60 Å². The second-order valence-corrected chi connectivity index (χ2v) is 4.04. The topological polar surface area (TPSA) is 73.6 Å². The van der Waals surface area contributed by atoms with Crippen LogP contribution in [0.3, 0.4) is 0 Å². The average Bonchev–Trinajstić information content (AvgIpc) is 2.75. The number of hydrogen-bond acceptors (Lipinski definition) is 4. The minimum Gasteiger partial charge on any atom is -0.378 e. The molecule has 0 spiro atoms. The number of nitrogens with one attached hydrogen (secondary N) is 1. The molecule has 0 aromatic carbocycles. The summed E-state index contributed by atoms with van der Waals surface area (Å²) in [6, 6.07) is -0.534. The minimum atomic E-state index is -0.534. The zero-order valence-corrected chi connectivity index (χ0v) is 9.70. The SMILES string of the molecule is C=CCC(N)C(=O)NCC1(OC)CCOC1. The Labute approximate surface area is 96.0 Å². The van der Waals surface area contributed by atoms with Crippen molar-refractivity contribution < 1.29 is 14.3 Å². The van der Waals surface area contributed by atoms with Gasteiger partial charge in [0.25, 0.3) is 0 Å². The minimum absolute atomic E-state index is 0.178. The summed E-state index contributed by atoms with van der Waals surface area (Å²) in [6.45, 7) is 5.17. The van der Waals surface area contributed by atoms with Crippen LogP contribution in [0.25, 0.3) is 0 Å². The molecule has 0 radical (unpaired) electrons. The lowest BCUT2D eigenvalue weighted by molar-refractivity contribution is -0.124. The summed E-state index contributed by atoms with van der Waals surface area (Å²) < 4.78 is 10.7. The van der Waals surface area contributed by atoms with Gasteiger partial charge in [-0.25, -0.2) is 0 Å². The van der Waals surface area contributed by atoms with Crippen molar-refractivity contribution in [2.45, 2.75) is 24.5 Å². The lowest BCUT2D eigenvalue weighted by Gasteiger charge is -2.26. The smallest absolute Gasteiger partial charge is 0.237 e. The van der Waals surface area contributed by atoms with Crippen molar-refractivity contribution in [3.05, 3.63) is 12.7 Å². The fraction of sp³-hybridized carbons (Fsp3) is 0.727. The second kappa shape index (κ2) is 5.98. The van der Waals surface area contributed by atoms with Gasteiger partial charge in [-0.15, -0.1) is 6.58 Å². The molecule has 92 valence electrons. The number of ether oxygens (including phenoxy) is 2. The Morgan fingerprint density at radius 2 is 2.56 bits per heavy atom. The van der Waals surface area contributed by atoms with Crippen LogP contribution in [0.4, 0.5) is 0 Å². The van der Waals surface area contributed by atoms with E-state index in [9.17, 15) is 4.79 Å². The van der Waals surface area contributed by atoms with Gasteiger partial charge >= 0.3 is 0 Å². The van der Waals surface area contributed by atoms with Gasteiger partial charge in [0.15, 0.2) is 0 Å². The molecule has 0 aromatic rings. The monoisotopic (exact) mass is 228 g/mol. The lowest BCUT2D eigenvalue weighted by atomic mass is 10.0. The Bertz CT molecular complexity index is 250. The summed E-state index contributed by atoms with van der Waals surface area (Å²) >= 11 is 0. The quantitative estimate of drug-likeness (QED) is 0.618. The summed E-state index contributed by atoms with van der Waals surface area (Å²) in [6.07, 6.45) is 2.90. The van der Waals surface area contributed by atoms with E-state index < -0.39 is 6.04 Å². The third-order valence-corrected chi connectivity index (χ3v) is 2.84. The van der Waals surface area contributed by atoms with Crippen LogP contribution in [0.5, 0.6) is 0 Å². The third kappa shape index (κ3) is 3.30. The molecule has 0 aromatic heterocycles. The highest BCUT2D eigenvalue weighted by Gasteiger charge is 2.35. The van der Waals surface area contributed by atoms with Crippen molar-refractivity contribution in [1.29, 1.82) is 0 Å². The largest absolute Gasteiger partial charge is 0.378 e. The van der Waals surface area contributed by atoms with Crippen molar-refractivity contribution in [2.75, 3.05) is 26.9 Å². The van der Waals surface area contributed by atoms with E-state index in [1.54, 1.807) is 13.2 Å². The molecule has 1 rings (SSSR count). The van der Waals surface area contributed by atoms with E-state index in [0.29, 0.717) is 26.2 Å². The van der Waals surface area contributed by atoms with E-state index in [0.717, 1.165) is 6.42 Å². The highest BCUT2D eigenvalue weighted by Crippen LogP contribution is 2.21. The summed E-state index contributed by atoms with van der Waals surface area (Å²) in [4.78, 5) is 11.6. The summed E-state index contributed by atoms with van der Waals surface area (Å²) in [5, 5.41) is 2.78. The van der Waals surface area contributed by atoms with Crippen molar-refractivity contribution in [3.8, 4) is 0 Å². The van der Waals surface area contributed by atoms with Crippen LogP contribution in [0.1, 0.15) is 12.8 Å². The van der Waals surface area contributed by atoms with Gasteiger partial charge in [0.2, 0.25) is 5.91 Å². The molecule has 1 heterocycles. The molecule has 1 aliphatic rings. The van der Waals surface area contributed by atoms with Gasteiger partial charge in [-0.2, -0.15) is 0 Å². The average molecular weight is 228 g/mol. The van der Waals surface area contributed by atoms with Gasteiger partial charge in [0.05, 0.1) is 12.6 Å². The highest BCUT2D eigenvalue weighted by atomic mass is 16.5. The first-order valence-corrected chi connectivity index (χ1v) is 5.40. The highest BCUT2D eigenvalue weighted by molar-refractivity contribution is 5.81. The molecule has 0 aliphatic carbocycles. The Morgan fingerprint density at radius 3 is 3.06 bits per heavy atom. The molecule has 1 aliphatic heterocycles. The van der Waals surface area contributed by atoms with E-state index in [2.05, 4.69) is 11.9 Å². The molecule has 5 heteroatoms. The third-order valence-electron chi connectivity index (χ3n) is 2.84. The summed E-state index contributed by atoms with van der Waals surface area (Å²) in [7, 11) is 1.63. The van der Waals surface area contributed by atoms with Crippen molar-refractivity contribution >= 4 is 5.91 Å². The molecule has 0 bridgehead atoms. The number of rotatable bonds is 6. The zero-order valence-electron chi connectivity index (χ0n) is 9.70. The van der Waals surface area contributed by atoms with Crippen molar-refractivity contribution in [1.82, 2.24) is 5.32 Å². The van der Waals surface area contributed by atoms with E-state index in [-0.39, 0.29) is 11.5 Å². The predicted molar refractivity (Wildman–Crippen MR) is 61.0 cm³/mol. The van der Waals surface area contributed by atoms with Crippen LogP contribution in [-0.2, 0) is 14.3 Å². The molecule has 16 heavy (non-hydrogen) atoms. The Morgan fingerprint density at radius 1 is 1.81 bits per heavy atom. The van der Waals surface area contributed by atoms with E-state index >= 15 is 0 Å². The van der Waals surface area contributed by atoms with Gasteiger partial charge in [0, 0.05) is 26.7 Å². The van der Waals surface area contributed by atoms with Crippen LogP contribution >= 0.6 is 0 Å². The Hall–Kier alpha value is -0.910. The number of carbonyl (C=O) groups is 1. The molecular formula is C11H20N2O3. The first kappa shape index (κ1) is 13.2. The molecule has 2 atom stereocenters. The first-order valence-electron chi connectivity index (χ1n) is 5.40. The zero-order chi connectivity index (χ0) is 12.0. The maximum atomic E-state index is 11.6. The molecule has 0 saturated carbocycles. The lowest BCUT2D eigenvalue weighted by Crippen LogP contribution is -2.49. The van der Waals surface area contributed by atoms with Gasteiger partial charge in [-0.1, -0.05) is 6.08 Å². The van der Waals surface area contributed by atoms with Crippen LogP contribution in [-0.4, -0.2) is 44.4 Å². The standard InChI is InChI=1S/C11H20N2O3/c1-3-4-9(12)10(14)13-7-11(15-2)5-6-16-8-11/h3,9H,1,4-8,12H2,2H3,(H,13,14). The van der Waals surface area contributed by atoms with Crippen molar-refractivity contribution in [3.63, 3.8) is 0 Å². The molecule has 1 fully saturated rings. The van der Waals surface area contributed by atoms with Gasteiger partial charge in [-0.3, -0.25) is 4.79 Å². The maximum absolute atomic E-state index is 11.6. The molecule has 3 N–H and O–H groups in total. The molecular weight excluding hydrogens is 208 g/mol. The Balaban J connectivity index is 2.37.